The normalized spacial score (nSPS) is 17.1. The van der Waals surface area contributed by atoms with E-state index in [1.54, 1.807) is 0 Å². The van der Waals surface area contributed by atoms with Crippen LogP contribution in [0.2, 0.25) is 10.0 Å². The van der Waals surface area contributed by atoms with Gasteiger partial charge in [-0.1, -0.05) is 54.6 Å². The van der Waals surface area contributed by atoms with E-state index in [9.17, 15) is 9.59 Å². The second-order valence-electron chi connectivity index (χ2n) is 9.81. The van der Waals surface area contributed by atoms with E-state index in [0.717, 1.165) is 54.1 Å². The van der Waals surface area contributed by atoms with E-state index in [0.29, 0.717) is 0 Å². The molecule has 2 aromatic carbocycles. The summed E-state index contributed by atoms with van der Waals surface area (Å²) in [6, 6.07) is 10.7. The summed E-state index contributed by atoms with van der Waals surface area (Å²) in [5.41, 5.74) is 5.03. The number of aliphatic carboxylic acids is 2. The first-order chi connectivity index (χ1) is 18.7. The number of aliphatic hydroxyl groups is 2. The lowest BCUT2D eigenvalue weighted by Gasteiger charge is -2.21. The minimum absolute atomic E-state index is 0.733. The van der Waals surface area contributed by atoms with Crippen molar-refractivity contribution in [3.8, 4) is 0 Å². The number of halogens is 2. The molecule has 6 N–H and O–H groups in total. The highest BCUT2D eigenvalue weighted by molar-refractivity contribution is 7.99. The van der Waals surface area contributed by atoms with E-state index in [1.807, 2.05) is 17.8 Å². The Labute approximate surface area is 243 Å². The zero-order chi connectivity index (χ0) is 28.4. The Morgan fingerprint density at radius 1 is 0.949 bits per heavy atom. The Morgan fingerprint density at radius 3 is 2.26 bits per heavy atom. The summed E-state index contributed by atoms with van der Waals surface area (Å²) in [6.45, 7) is 2.77. The summed E-state index contributed by atoms with van der Waals surface area (Å²) in [5, 5.41) is 41.3. The Morgan fingerprint density at radius 2 is 1.62 bits per heavy atom. The van der Waals surface area contributed by atoms with E-state index in [4.69, 9.17) is 43.6 Å². The van der Waals surface area contributed by atoms with Gasteiger partial charge in [0.25, 0.3) is 0 Å². The van der Waals surface area contributed by atoms with Gasteiger partial charge in [0.15, 0.2) is 12.2 Å². The number of aliphatic hydroxyl groups excluding tert-OH is 2. The molecule has 1 saturated carbocycles. The van der Waals surface area contributed by atoms with E-state index in [1.165, 1.54) is 59.4 Å². The molecule has 1 aliphatic heterocycles. The van der Waals surface area contributed by atoms with Gasteiger partial charge < -0.3 is 31.1 Å². The molecule has 4 rings (SSSR count). The summed E-state index contributed by atoms with van der Waals surface area (Å²) in [5.74, 6) is -1.49. The molecule has 0 spiro atoms. The summed E-state index contributed by atoms with van der Waals surface area (Å²) >= 11 is 15.1. The number of hydrogen-bond donors (Lipinski definition) is 6. The van der Waals surface area contributed by atoms with E-state index >= 15 is 0 Å². The van der Waals surface area contributed by atoms with Gasteiger partial charge in [-0.25, -0.2) is 9.59 Å². The fraction of sp³-hybridized carbons (Fsp3) is 0.500. The molecule has 1 aliphatic carbocycles. The molecule has 0 radical (unpaired) electrons. The number of benzene rings is 2. The number of thioether (sulfide) groups is 1. The number of carboxylic acid groups (broad SMARTS) is 2. The zero-order valence-corrected chi connectivity index (χ0v) is 24.0. The fourth-order valence-electron chi connectivity index (χ4n) is 4.73. The Kier molecular flexibility index (Phi) is 12.7. The number of carbonyl (C=O) groups is 2. The molecule has 2 aliphatic rings. The van der Waals surface area contributed by atoms with Crippen LogP contribution in [0.4, 0.5) is 5.69 Å². The summed E-state index contributed by atoms with van der Waals surface area (Å²) in [7, 11) is 0. The van der Waals surface area contributed by atoms with Crippen molar-refractivity contribution >= 4 is 52.6 Å². The highest BCUT2D eigenvalue weighted by Crippen LogP contribution is 2.35. The molecule has 1 heterocycles. The van der Waals surface area contributed by atoms with Gasteiger partial charge in [-0.2, -0.15) is 0 Å². The van der Waals surface area contributed by atoms with Crippen molar-refractivity contribution in [3.63, 3.8) is 0 Å². The Balaban J connectivity index is 0.000000360. The van der Waals surface area contributed by atoms with Gasteiger partial charge in [0.05, 0.1) is 15.7 Å². The second kappa shape index (κ2) is 15.7. The maximum atomic E-state index is 9.77. The number of fused-ring (bicyclic) bond motifs is 1. The van der Waals surface area contributed by atoms with Crippen molar-refractivity contribution < 1.29 is 30.0 Å². The van der Waals surface area contributed by atoms with Crippen LogP contribution in [0.15, 0.2) is 35.2 Å². The molecule has 214 valence electrons. The third-order valence-corrected chi connectivity index (χ3v) is 9.00. The zero-order valence-electron chi connectivity index (χ0n) is 21.7. The molecule has 39 heavy (non-hydrogen) atoms. The molecule has 2 atom stereocenters. The molecule has 0 unspecified atom stereocenters. The van der Waals surface area contributed by atoms with Crippen LogP contribution in [-0.2, 0) is 29.0 Å². The smallest absolute Gasteiger partial charge is 0.335 e. The minimum Gasteiger partial charge on any atom is -0.479 e. The van der Waals surface area contributed by atoms with Crippen molar-refractivity contribution in [2.24, 2.45) is 5.92 Å². The fourth-order valence-corrected chi connectivity index (χ4v) is 6.45. The van der Waals surface area contributed by atoms with Crippen LogP contribution in [0.1, 0.15) is 48.8 Å². The van der Waals surface area contributed by atoms with Gasteiger partial charge in [-0.15, -0.1) is 11.8 Å². The third kappa shape index (κ3) is 9.55. The quantitative estimate of drug-likeness (QED) is 0.224. The van der Waals surface area contributed by atoms with Gasteiger partial charge in [0.2, 0.25) is 0 Å². The van der Waals surface area contributed by atoms with Gasteiger partial charge in [0, 0.05) is 17.2 Å². The molecule has 1 fully saturated rings. The van der Waals surface area contributed by atoms with Crippen LogP contribution in [0, 0.1) is 5.92 Å². The molecule has 11 heteroatoms. The highest BCUT2D eigenvalue weighted by atomic mass is 35.5. The van der Waals surface area contributed by atoms with Crippen LogP contribution in [0.3, 0.4) is 0 Å². The third-order valence-electron chi connectivity index (χ3n) is 6.95. The first kappa shape index (κ1) is 31.5. The molecule has 0 saturated heterocycles. The van der Waals surface area contributed by atoms with E-state index in [2.05, 4.69) is 34.9 Å². The standard InChI is InChI=1S/C24H30Cl2N2S.C4H6O6/c25-21-8-7-19-10-12-27-13-11-20(19)24(21)28-15-18-6-9-23(22(26)14-18)29-16-17-4-2-1-3-5-17;5-1(3(7)8)2(6)4(9)10/h6-9,14,17,27-28H,1-5,10-13,15-16H2;1-2,5-6H,(H,7,8)(H,9,10)/t;1-,2-/m.1/s1. The van der Waals surface area contributed by atoms with Crippen molar-refractivity contribution in [2.45, 2.75) is 68.6 Å². The highest BCUT2D eigenvalue weighted by Gasteiger charge is 2.29. The molecule has 0 amide bonds. The van der Waals surface area contributed by atoms with Crippen molar-refractivity contribution in [1.29, 1.82) is 0 Å². The maximum Gasteiger partial charge on any atom is 0.335 e. The first-order valence-corrected chi connectivity index (χ1v) is 14.9. The Bertz CT molecular complexity index is 1110. The maximum absolute atomic E-state index is 9.77. The van der Waals surface area contributed by atoms with Crippen molar-refractivity contribution in [2.75, 3.05) is 24.2 Å². The lowest BCUT2D eigenvalue weighted by molar-refractivity contribution is -0.165. The molecule has 2 aromatic rings. The first-order valence-electron chi connectivity index (χ1n) is 13.1. The van der Waals surface area contributed by atoms with Gasteiger partial charge in [-0.05, 0) is 79.6 Å². The van der Waals surface area contributed by atoms with Crippen molar-refractivity contribution in [3.05, 3.63) is 57.1 Å². The molecule has 0 aromatic heterocycles. The number of nitrogens with one attached hydrogen (secondary N) is 2. The lowest BCUT2D eigenvalue weighted by atomic mass is 9.91. The van der Waals surface area contributed by atoms with Crippen LogP contribution in [0.25, 0.3) is 0 Å². The average molecular weight is 600 g/mol. The van der Waals surface area contributed by atoms with Gasteiger partial charge in [0.1, 0.15) is 0 Å². The van der Waals surface area contributed by atoms with Gasteiger partial charge >= 0.3 is 11.9 Å². The van der Waals surface area contributed by atoms with Crippen molar-refractivity contribution in [1.82, 2.24) is 5.32 Å². The number of anilines is 1. The van der Waals surface area contributed by atoms with E-state index in [-0.39, 0.29) is 0 Å². The SMILES string of the molecule is Clc1cc(CNc2c(Cl)ccc3c2CCNCC3)ccc1SCC1CCCCC1.O=C(O)[C@H](O)[C@@H](O)C(=O)O. The number of rotatable bonds is 9. The van der Waals surface area contributed by atoms with Crippen LogP contribution < -0.4 is 10.6 Å². The molecular formula is C28H36Cl2N2O6S. The predicted octanol–water partition coefficient (Wildman–Crippen LogP) is 4.84. The lowest BCUT2D eigenvalue weighted by Crippen LogP contribution is -2.39. The summed E-state index contributed by atoms with van der Waals surface area (Å²) < 4.78 is 0. The predicted molar refractivity (Wildman–Crippen MR) is 155 cm³/mol. The van der Waals surface area contributed by atoms with Crippen LogP contribution >= 0.6 is 35.0 Å². The average Bonchev–Trinajstić information content (AvgIpc) is 3.18. The number of carboxylic acids is 2. The minimum atomic E-state index is -2.27. The molecular weight excluding hydrogens is 563 g/mol. The van der Waals surface area contributed by atoms with Crippen LogP contribution in [0.5, 0.6) is 0 Å². The van der Waals surface area contributed by atoms with Gasteiger partial charge in [-0.3, -0.25) is 0 Å². The van der Waals surface area contributed by atoms with Crippen LogP contribution in [-0.4, -0.2) is 63.4 Å². The molecule has 8 nitrogen and oxygen atoms in total. The van der Waals surface area contributed by atoms with E-state index < -0.39 is 24.1 Å². The summed E-state index contributed by atoms with van der Waals surface area (Å²) in [6.07, 6.45) is 4.49. The number of hydrogen-bond acceptors (Lipinski definition) is 7. The topological polar surface area (TPSA) is 139 Å². The molecule has 0 bridgehead atoms. The summed E-state index contributed by atoms with van der Waals surface area (Å²) in [4.78, 5) is 20.8. The monoisotopic (exact) mass is 598 g/mol. The Hall–Kier alpha value is -2.01. The second-order valence-corrected chi connectivity index (χ2v) is 11.7. The largest absolute Gasteiger partial charge is 0.479 e.